The molecule has 1 aromatic carbocycles. The molecule has 1 heterocycles. The number of hydrogen-bond acceptors (Lipinski definition) is 3. The number of carbonyl (C=O) groups is 1. The number of rotatable bonds is 7. The molecule has 0 saturated carbocycles. The topological polar surface area (TPSA) is 41.1 Å². The minimum Gasteiger partial charge on any atom is -0.355 e. The number of carbonyl (C=O) groups excluding carboxylic acids is 1. The fourth-order valence-electron chi connectivity index (χ4n) is 2.32. The molecular formula is C15H22Cl2N2OS. The maximum Gasteiger partial charge on any atom is 0.230 e. The number of thioether (sulfide) groups is 1. The zero-order chi connectivity index (χ0) is 14.2. The summed E-state index contributed by atoms with van der Waals surface area (Å²) in [5.74, 6) is 2.19. The van der Waals surface area contributed by atoms with E-state index in [-0.39, 0.29) is 18.3 Å². The van der Waals surface area contributed by atoms with Crippen LogP contribution >= 0.6 is 35.8 Å². The first-order chi connectivity index (χ1) is 9.74. The van der Waals surface area contributed by atoms with Crippen LogP contribution in [-0.2, 0) is 10.5 Å². The molecule has 0 aromatic heterocycles. The van der Waals surface area contributed by atoms with Crippen LogP contribution in [0, 0.1) is 5.92 Å². The minimum atomic E-state index is 0. The van der Waals surface area contributed by atoms with Gasteiger partial charge in [0, 0.05) is 17.3 Å². The highest BCUT2D eigenvalue weighted by atomic mass is 35.5. The molecule has 0 radical (unpaired) electrons. The highest BCUT2D eigenvalue weighted by Crippen LogP contribution is 2.16. The van der Waals surface area contributed by atoms with Gasteiger partial charge in [-0.05, 0) is 49.5 Å². The van der Waals surface area contributed by atoms with Crippen LogP contribution in [0.2, 0.25) is 5.02 Å². The van der Waals surface area contributed by atoms with Gasteiger partial charge in [-0.2, -0.15) is 0 Å². The lowest BCUT2D eigenvalue weighted by Gasteiger charge is -2.09. The molecule has 1 atom stereocenters. The zero-order valence-corrected chi connectivity index (χ0v) is 14.3. The summed E-state index contributed by atoms with van der Waals surface area (Å²) < 4.78 is 0. The van der Waals surface area contributed by atoms with Crippen LogP contribution in [0.15, 0.2) is 24.3 Å². The average molecular weight is 349 g/mol. The van der Waals surface area contributed by atoms with E-state index in [0.717, 1.165) is 48.3 Å². The van der Waals surface area contributed by atoms with Gasteiger partial charge in [-0.1, -0.05) is 23.7 Å². The standard InChI is InChI=1S/C15H21ClN2OS.ClH/c16-14-3-1-2-13(8-14)10-20-11-15(19)18-7-5-12-4-6-17-9-12;/h1-3,8,12,17H,4-7,9-11H2,(H,18,19);1H. The van der Waals surface area contributed by atoms with Gasteiger partial charge in [-0.3, -0.25) is 4.79 Å². The van der Waals surface area contributed by atoms with E-state index in [1.165, 1.54) is 6.42 Å². The lowest BCUT2D eigenvalue weighted by Crippen LogP contribution is -2.27. The summed E-state index contributed by atoms with van der Waals surface area (Å²) in [7, 11) is 0. The maximum absolute atomic E-state index is 11.7. The van der Waals surface area contributed by atoms with Crippen LogP contribution in [-0.4, -0.2) is 31.3 Å². The predicted octanol–water partition coefficient (Wildman–Crippen LogP) is 3.11. The van der Waals surface area contributed by atoms with Gasteiger partial charge in [0.1, 0.15) is 0 Å². The Morgan fingerprint density at radius 3 is 3.05 bits per heavy atom. The molecule has 0 bridgehead atoms. The lowest BCUT2D eigenvalue weighted by molar-refractivity contribution is -0.118. The summed E-state index contributed by atoms with van der Waals surface area (Å²) in [4.78, 5) is 11.7. The van der Waals surface area contributed by atoms with E-state index in [4.69, 9.17) is 11.6 Å². The first-order valence-corrected chi connectivity index (χ1v) is 8.57. The molecule has 1 aliphatic rings. The van der Waals surface area contributed by atoms with E-state index in [1.54, 1.807) is 11.8 Å². The highest BCUT2D eigenvalue weighted by molar-refractivity contribution is 7.99. The van der Waals surface area contributed by atoms with Crippen molar-refractivity contribution >= 4 is 41.7 Å². The molecule has 0 spiro atoms. The molecule has 118 valence electrons. The number of benzene rings is 1. The Balaban J connectivity index is 0.00000220. The number of amides is 1. The van der Waals surface area contributed by atoms with Gasteiger partial charge in [0.25, 0.3) is 0 Å². The summed E-state index contributed by atoms with van der Waals surface area (Å²) in [5.41, 5.74) is 1.16. The first-order valence-electron chi connectivity index (χ1n) is 7.03. The van der Waals surface area contributed by atoms with E-state index in [0.29, 0.717) is 5.75 Å². The van der Waals surface area contributed by atoms with Gasteiger partial charge in [0.2, 0.25) is 5.91 Å². The number of hydrogen-bond donors (Lipinski definition) is 2. The molecule has 6 heteroatoms. The van der Waals surface area contributed by atoms with Crippen molar-refractivity contribution in [2.75, 3.05) is 25.4 Å². The highest BCUT2D eigenvalue weighted by Gasteiger charge is 2.13. The van der Waals surface area contributed by atoms with Crippen LogP contribution in [0.25, 0.3) is 0 Å². The summed E-state index contributed by atoms with van der Waals surface area (Å²) in [5, 5.41) is 7.08. The molecule has 1 fully saturated rings. The summed E-state index contributed by atoms with van der Waals surface area (Å²) in [6.07, 6.45) is 2.32. The second-order valence-corrected chi connectivity index (χ2v) is 6.54. The molecule has 21 heavy (non-hydrogen) atoms. The normalized spacial score (nSPS) is 17.3. The van der Waals surface area contributed by atoms with Crippen LogP contribution in [0.4, 0.5) is 0 Å². The predicted molar refractivity (Wildman–Crippen MR) is 93.5 cm³/mol. The third-order valence-electron chi connectivity index (χ3n) is 3.43. The quantitative estimate of drug-likeness (QED) is 0.795. The van der Waals surface area contributed by atoms with Crippen molar-refractivity contribution in [3.05, 3.63) is 34.9 Å². The van der Waals surface area contributed by atoms with E-state index >= 15 is 0 Å². The number of nitrogens with one attached hydrogen (secondary N) is 2. The van der Waals surface area contributed by atoms with Gasteiger partial charge in [0.05, 0.1) is 5.75 Å². The molecule has 1 saturated heterocycles. The van der Waals surface area contributed by atoms with Crippen molar-refractivity contribution in [3.8, 4) is 0 Å². The van der Waals surface area contributed by atoms with E-state index < -0.39 is 0 Å². The summed E-state index contributed by atoms with van der Waals surface area (Å²) in [6, 6.07) is 7.78. The van der Waals surface area contributed by atoms with Crippen molar-refractivity contribution in [3.63, 3.8) is 0 Å². The van der Waals surface area contributed by atoms with Crippen molar-refractivity contribution in [2.24, 2.45) is 5.92 Å². The Kier molecular flexibility index (Phi) is 9.16. The number of halogens is 2. The summed E-state index contributed by atoms with van der Waals surface area (Å²) in [6.45, 7) is 3.01. The Hall–Kier alpha value is -0.420. The van der Waals surface area contributed by atoms with Crippen molar-refractivity contribution in [2.45, 2.75) is 18.6 Å². The van der Waals surface area contributed by atoms with Crippen LogP contribution in [0.5, 0.6) is 0 Å². The van der Waals surface area contributed by atoms with E-state index in [9.17, 15) is 4.79 Å². The zero-order valence-electron chi connectivity index (χ0n) is 11.9. The second-order valence-electron chi connectivity index (χ2n) is 5.12. The smallest absolute Gasteiger partial charge is 0.230 e. The van der Waals surface area contributed by atoms with Crippen molar-refractivity contribution in [1.29, 1.82) is 0 Å². The van der Waals surface area contributed by atoms with Crippen molar-refractivity contribution in [1.82, 2.24) is 10.6 Å². The van der Waals surface area contributed by atoms with Gasteiger partial charge in [-0.15, -0.1) is 24.2 Å². The van der Waals surface area contributed by atoms with Crippen LogP contribution < -0.4 is 10.6 Å². The molecule has 0 aliphatic carbocycles. The Bertz CT molecular complexity index is 439. The summed E-state index contributed by atoms with van der Waals surface area (Å²) >= 11 is 7.55. The molecular weight excluding hydrogens is 327 g/mol. The molecule has 3 nitrogen and oxygen atoms in total. The Morgan fingerprint density at radius 1 is 1.48 bits per heavy atom. The fourth-order valence-corrected chi connectivity index (χ4v) is 3.33. The SMILES string of the molecule is Cl.O=C(CSCc1cccc(Cl)c1)NCCC1CCNC1. The maximum atomic E-state index is 11.7. The Morgan fingerprint density at radius 2 is 2.33 bits per heavy atom. The van der Waals surface area contributed by atoms with Gasteiger partial charge in [-0.25, -0.2) is 0 Å². The molecule has 1 aliphatic heterocycles. The second kappa shape index (κ2) is 10.3. The third kappa shape index (κ3) is 7.41. The van der Waals surface area contributed by atoms with Gasteiger partial charge in [0.15, 0.2) is 0 Å². The third-order valence-corrected chi connectivity index (χ3v) is 4.67. The van der Waals surface area contributed by atoms with E-state index in [1.807, 2.05) is 24.3 Å². The molecule has 2 N–H and O–H groups in total. The molecule has 1 amide bonds. The molecule has 1 unspecified atom stereocenters. The average Bonchev–Trinajstić information content (AvgIpc) is 2.92. The van der Waals surface area contributed by atoms with Crippen LogP contribution in [0.3, 0.4) is 0 Å². The van der Waals surface area contributed by atoms with E-state index in [2.05, 4.69) is 10.6 Å². The minimum absolute atomic E-state index is 0. The monoisotopic (exact) mass is 348 g/mol. The molecule has 1 aromatic rings. The van der Waals surface area contributed by atoms with Crippen molar-refractivity contribution < 1.29 is 4.79 Å². The first kappa shape index (κ1) is 18.6. The van der Waals surface area contributed by atoms with Gasteiger partial charge < -0.3 is 10.6 Å². The fraction of sp³-hybridized carbons (Fsp3) is 0.533. The van der Waals surface area contributed by atoms with Gasteiger partial charge >= 0.3 is 0 Å². The molecule has 2 rings (SSSR count). The Labute approximate surface area is 142 Å². The lowest BCUT2D eigenvalue weighted by atomic mass is 10.1. The van der Waals surface area contributed by atoms with Crippen LogP contribution in [0.1, 0.15) is 18.4 Å². The largest absolute Gasteiger partial charge is 0.355 e.